The van der Waals surface area contributed by atoms with Crippen molar-refractivity contribution in [3.63, 3.8) is 0 Å². The Morgan fingerprint density at radius 2 is 0.955 bits per heavy atom. The zero-order valence-corrected chi connectivity index (χ0v) is 24.2. The van der Waals surface area contributed by atoms with E-state index in [1.807, 2.05) is 0 Å². The summed E-state index contributed by atoms with van der Waals surface area (Å²) in [6.45, 7) is 0. The van der Waals surface area contributed by atoms with Crippen molar-refractivity contribution in [3.8, 4) is 39.1 Å². The van der Waals surface area contributed by atoms with Crippen molar-refractivity contribution >= 4 is 33.2 Å². The van der Waals surface area contributed by atoms with Crippen LogP contribution in [-0.2, 0) is 0 Å². The summed E-state index contributed by atoms with van der Waals surface area (Å²) in [7, 11) is 0. The molecule has 0 saturated heterocycles. The summed E-state index contributed by atoms with van der Waals surface area (Å²) in [6, 6.07) is 62.7. The van der Waals surface area contributed by atoms with Crippen molar-refractivity contribution in [1.82, 2.24) is 4.57 Å². The zero-order valence-electron chi connectivity index (χ0n) is 24.2. The highest BCUT2D eigenvalue weighted by molar-refractivity contribution is 6.10. The molecule has 208 valence electrons. The summed E-state index contributed by atoms with van der Waals surface area (Å²) in [5, 5.41) is 6.28. The SMILES string of the molecule is c1ccc(-c2cccc(Nc3cc(-c4ccc5c(c4)c4ccccc4n5-c4ccccc4)ccc3-c3ccccc3)c2)cc1. The number of nitrogens with zero attached hydrogens (tertiary/aromatic N) is 1. The van der Waals surface area contributed by atoms with E-state index in [0.717, 1.165) is 11.4 Å². The smallest absolute Gasteiger partial charge is 0.0541 e. The molecule has 0 fully saturated rings. The number of anilines is 2. The van der Waals surface area contributed by atoms with Crippen molar-refractivity contribution in [2.24, 2.45) is 0 Å². The first-order valence-corrected chi connectivity index (χ1v) is 15.0. The molecule has 0 aliphatic rings. The van der Waals surface area contributed by atoms with E-state index in [1.54, 1.807) is 0 Å². The second kappa shape index (κ2) is 11.1. The normalized spacial score (nSPS) is 11.2. The molecule has 0 aliphatic carbocycles. The number of fused-ring (bicyclic) bond motifs is 3. The molecule has 0 radical (unpaired) electrons. The van der Waals surface area contributed by atoms with Crippen LogP contribution in [0.5, 0.6) is 0 Å². The Bertz CT molecular complexity index is 2230. The van der Waals surface area contributed by atoms with Gasteiger partial charge >= 0.3 is 0 Å². The van der Waals surface area contributed by atoms with Crippen molar-refractivity contribution in [3.05, 3.63) is 176 Å². The monoisotopic (exact) mass is 562 g/mol. The van der Waals surface area contributed by atoms with Crippen LogP contribution < -0.4 is 5.32 Å². The lowest BCUT2D eigenvalue weighted by atomic mass is 9.97. The number of hydrogen-bond acceptors (Lipinski definition) is 1. The fraction of sp³-hybridized carbons (Fsp3) is 0. The number of hydrogen-bond donors (Lipinski definition) is 1. The molecule has 7 aromatic carbocycles. The maximum Gasteiger partial charge on any atom is 0.0541 e. The number of para-hydroxylation sites is 2. The number of benzene rings is 7. The fourth-order valence-electron chi connectivity index (χ4n) is 6.27. The van der Waals surface area contributed by atoms with Gasteiger partial charge in [-0.2, -0.15) is 0 Å². The topological polar surface area (TPSA) is 17.0 Å². The first-order valence-electron chi connectivity index (χ1n) is 15.0. The molecule has 0 spiro atoms. The summed E-state index contributed by atoms with van der Waals surface area (Å²) in [5.41, 5.74) is 12.8. The molecule has 44 heavy (non-hydrogen) atoms. The van der Waals surface area contributed by atoms with Gasteiger partial charge in [0, 0.05) is 33.4 Å². The molecule has 0 saturated carbocycles. The Labute approximate surface area is 257 Å². The highest BCUT2D eigenvalue weighted by Crippen LogP contribution is 2.38. The predicted octanol–water partition coefficient (Wildman–Crippen LogP) is 11.5. The molecule has 0 unspecified atom stereocenters. The van der Waals surface area contributed by atoms with Gasteiger partial charge in [-0.25, -0.2) is 0 Å². The molecule has 8 rings (SSSR count). The van der Waals surface area contributed by atoms with E-state index in [9.17, 15) is 0 Å². The Kier molecular flexibility index (Phi) is 6.51. The standard InChI is InChI=1S/C42H30N2/c1-4-13-30(14-5-1)32-17-12-18-35(27-32)43-40-29-34(23-25-37(40)31-15-6-2-7-16-31)33-24-26-42-39(28-33)38-21-10-11-22-41(38)44(42)36-19-8-3-9-20-36/h1-29,43H. The largest absolute Gasteiger partial charge is 0.355 e. The third-order valence-electron chi connectivity index (χ3n) is 8.37. The van der Waals surface area contributed by atoms with Crippen molar-refractivity contribution in [2.75, 3.05) is 5.32 Å². The molecule has 8 aromatic rings. The van der Waals surface area contributed by atoms with Gasteiger partial charge in [-0.15, -0.1) is 0 Å². The molecular formula is C42H30N2. The Morgan fingerprint density at radius 1 is 0.364 bits per heavy atom. The third kappa shape index (κ3) is 4.73. The summed E-state index contributed by atoms with van der Waals surface area (Å²) in [4.78, 5) is 0. The lowest BCUT2D eigenvalue weighted by molar-refractivity contribution is 1.18. The van der Waals surface area contributed by atoms with Gasteiger partial charge in [-0.3, -0.25) is 0 Å². The van der Waals surface area contributed by atoms with E-state index < -0.39 is 0 Å². The molecule has 1 heterocycles. The number of aromatic nitrogens is 1. The highest BCUT2D eigenvalue weighted by Gasteiger charge is 2.14. The van der Waals surface area contributed by atoms with Gasteiger partial charge in [0.1, 0.15) is 0 Å². The van der Waals surface area contributed by atoms with Crippen molar-refractivity contribution < 1.29 is 0 Å². The van der Waals surface area contributed by atoms with Gasteiger partial charge < -0.3 is 9.88 Å². The van der Waals surface area contributed by atoms with Crippen LogP contribution >= 0.6 is 0 Å². The third-order valence-corrected chi connectivity index (χ3v) is 8.37. The predicted molar refractivity (Wildman–Crippen MR) is 187 cm³/mol. The van der Waals surface area contributed by atoms with E-state index in [4.69, 9.17) is 0 Å². The van der Waals surface area contributed by atoms with Crippen LogP contribution in [0.3, 0.4) is 0 Å². The van der Waals surface area contributed by atoms with Gasteiger partial charge in [-0.05, 0) is 76.3 Å². The van der Waals surface area contributed by atoms with Gasteiger partial charge in [-0.1, -0.05) is 127 Å². The molecule has 0 amide bonds. The number of nitrogens with one attached hydrogen (secondary N) is 1. The van der Waals surface area contributed by atoms with Gasteiger partial charge in [0.25, 0.3) is 0 Å². The van der Waals surface area contributed by atoms with Crippen LogP contribution in [0, 0.1) is 0 Å². The summed E-state index contributed by atoms with van der Waals surface area (Å²) < 4.78 is 2.36. The lowest BCUT2D eigenvalue weighted by Crippen LogP contribution is -1.95. The van der Waals surface area contributed by atoms with Gasteiger partial charge in [0.15, 0.2) is 0 Å². The van der Waals surface area contributed by atoms with Crippen LogP contribution in [0.25, 0.3) is 60.9 Å². The quantitative estimate of drug-likeness (QED) is 0.213. The fourth-order valence-corrected chi connectivity index (χ4v) is 6.27. The minimum Gasteiger partial charge on any atom is -0.355 e. The van der Waals surface area contributed by atoms with E-state index in [1.165, 1.54) is 60.9 Å². The van der Waals surface area contributed by atoms with E-state index in [2.05, 4.69) is 186 Å². The zero-order chi connectivity index (χ0) is 29.3. The van der Waals surface area contributed by atoms with Crippen molar-refractivity contribution in [1.29, 1.82) is 0 Å². The van der Waals surface area contributed by atoms with Crippen LogP contribution in [0.1, 0.15) is 0 Å². The molecule has 0 bridgehead atoms. The average molecular weight is 563 g/mol. The molecule has 1 N–H and O–H groups in total. The molecule has 2 heteroatoms. The Hall–Kier alpha value is -5.86. The molecule has 0 aliphatic heterocycles. The Morgan fingerprint density at radius 3 is 1.75 bits per heavy atom. The van der Waals surface area contributed by atoms with E-state index >= 15 is 0 Å². The highest BCUT2D eigenvalue weighted by atomic mass is 15.0. The van der Waals surface area contributed by atoms with Crippen LogP contribution in [0.2, 0.25) is 0 Å². The van der Waals surface area contributed by atoms with Crippen LogP contribution in [0.4, 0.5) is 11.4 Å². The first kappa shape index (κ1) is 25.8. The first-order chi connectivity index (χ1) is 21.8. The minimum atomic E-state index is 1.06. The summed E-state index contributed by atoms with van der Waals surface area (Å²) in [5.74, 6) is 0. The van der Waals surface area contributed by atoms with Crippen molar-refractivity contribution in [2.45, 2.75) is 0 Å². The maximum absolute atomic E-state index is 3.78. The second-order valence-corrected chi connectivity index (χ2v) is 11.1. The van der Waals surface area contributed by atoms with E-state index in [0.29, 0.717) is 0 Å². The molecule has 1 aromatic heterocycles. The maximum atomic E-state index is 3.78. The molecule has 0 atom stereocenters. The minimum absolute atomic E-state index is 1.06. The molecule has 2 nitrogen and oxygen atoms in total. The van der Waals surface area contributed by atoms with Crippen LogP contribution in [-0.4, -0.2) is 4.57 Å². The van der Waals surface area contributed by atoms with Gasteiger partial charge in [0.05, 0.1) is 11.0 Å². The van der Waals surface area contributed by atoms with E-state index in [-0.39, 0.29) is 0 Å². The lowest BCUT2D eigenvalue weighted by Gasteiger charge is -2.16. The molecular weight excluding hydrogens is 532 g/mol. The second-order valence-electron chi connectivity index (χ2n) is 11.1. The van der Waals surface area contributed by atoms with Crippen LogP contribution in [0.15, 0.2) is 176 Å². The summed E-state index contributed by atoms with van der Waals surface area (Å²) >= 11 is 0. The number of rotatable bonds is 6. The van der Waals surface area contributed by atoms with Gasteiger partial charge in [0.2, 0.25) is 0 Å². The Balaban J connectivity index is 1.25. The average Bonchev–Trinajstić information content (AvgIpc) is 3.43. The summed E-state index contributed by atoms with van der Waals surface area (Å²) in [6.07, 6.45) is 0.